The maximum absolute atomic E-state index is 6.98. The van der Waals surface area contributed by atoms with Crippen LogP contribution in [0.1, 0.15) is 47.8 Å². The van der Waals surface area contributed by atoms with Crippen molar-refractivity contribution in [1.82, 2.24) is 0 Å². The monoisotopic (exact) mass is 912 g/mol. The van der Waals surface area contributed by atoms with Gasteiger partial charge in [0, 0.05) is 57.0 Å². The molecule has 0 radical (unpaired) electrons. The quantitative estimate of drug-likeness (QED) is 0.136. The van der Waals surface area contributed by atoms with Gasteiger partial charge in [-0.2, -0.15) is 0 Å². The summed E-state index contributed by atoms with van der Waals surface area (Å²) in [5.41, 5.74) is 16.6. The summed E-state index contributed by atoms with van der Waals surface area (Å²) in [4.78, 5) is 4.86. The fourth-order valence-electron chi connectivity index (χ4n) is 11.1. The van der Waals surface area contributed by atoms with Crippen molar-refractivity contribution in [1.29, 1.82) is 0 Å². The van der Waals surface area contributed by atoms with Crippen molar-refractivity contribution in [2.24, 2.45) is 0 Å². The summed E-state index contributed by atoms with van der Waals surface area (Å²) >= 11 is 0. The molecule has 0 bridgehead atoms. The lowest BCUT2D eigenvalue weighted by molar-refractivity contribution is 0.288. The summed E-state index contributed by atoms with van der Waals surface area (Å²) in [7, 11) is 0. The number of hydrogen-bond donors (Lipinski definition) is 0. The number of fused-ring (bicyclic) bond motifs is 5. The second kappa shape index (κ2) is 18.3. The zero-order valence-electron chi connectivity index (χ0n) is 39.5. The molecule has 3 unspecified atom stereocenters. The molecule has 3 aliphatic carbocycles. The van der Waals surface area contributed by atoms with Crippen molar-refractivity contribution in [3.63, 3.8) is 0 Å². The second-order valence-corrected chi connectivity index (χ2v) is 19.0. The molecule has 0 N–H and O–H groups in total. The van der Waals surface area contributed by atoms with Gasteiger partial charge < -0.3 is 14.5 Å². The number of para-hydroxylation sites is 1. The molecule has 3 heteroatoms. The highest BCUT2D eigenvalue weighted by atomic mass is 16.5. The minimum atomic E-state index is -0.111. The third-order valence-corrected chi connectivity index (χ3v) is 14.7. The number of benzene rings is 9. The van der Waals surface area contributed by atoms with Crippen LogP contribution < -0.4 is 25.0 Å². The highest BCUT2D eigenvalue weighted by Gasteiger charge is 2.34. The van der Waals surface area contributed by atoms with E-state index >= 15 is 0 Å². The number of anilines is 5. The van der Waals surface area contributed by atoms with Crippen molar-refractivity contribution >= 4 is 56.9 Å². The zero-order valence-corrected chi connectivity index (χ0v) is 39.5. The van der Waals surface area contributed by atoms with Crippen LogP contribution in [-0.2, 0) is 0 Å². The first kappa shape index (κ1) is 42.4. The first-order valence-electron chi connectivity index (χ1n) is 25.1. The van der Waals surface area contributed by atoms with Gasteiger partial charge in [0.2, 0.25) is 0 Å². The van der Waals surface area contributed by atoms with Gasteiger partial charge in [0.1, 0.15) is 11.9 Å². The molecule has 0 aromatic heterocycles. The maximum atomic E-state index is 6.98. The van der Waals surface area contributed by atoms with Gasteiger partial charge in [0.15, 0.2) is 0 Å². The number of ether oxygens (including phenoxy) is 1. The van der Waals surface area contributed by atoms with Crippen LogP contribution in [0.4, 0.5) is 28.4 Å². The summed E-state index contributed by atoms with van der Waals surface area (Å²) in [6, 6.07) is 77.5. The van der Waals surface area contributed by atoms with E-state index in [2.05, 4.69) is 271 Å². The summed E-state index contributed by atoms with van der Waals surface area (Å²) in [6.07, 6.45) is 21.4. The Labute approximate surface area is 416 Å². The van der Waals surface area contributed by atoms with Crippen LogP contribution in [0.3, 0.4) is 0 Å². The van der Waals surface area contributed by atoms with Crippen molar-refractivity contribution in [3.8, 4) is 28.0 Å². The molecule has 3 atom stereocenters. The number of allylic oxidation sites excluding steroid dienone is 7. The smallest absolute Gasteiger partial charge is 0.128 e. The van der Waals surface area contributed by atoms with Gasteiger partial charge in [-0.05, 0) is 141 Å². The molecule has 0 saturated carbocycles. The molecule has 71 heavy (non-hydrogen) atoms. The predicted octanol–water partition coefficient (Wildman–Crippen LogP) is 16.3. The lowest BCUT2D eigenvalue weighted by Gasteiger charge is -2.32. The first-order valence-corrected chi connectivity index (χ1v) is 25.1. The van der Waals surface area contributed by atoms with Gasteiger partial charge in [0.25, 0.3) is 0 Å². The largest absolute Gasteiger partial charge is 0.485 e. The molecule has 3 nitrogen and oxygen atoms in total. The lowest BCUT2D eigenvalue weighted by atomic mass is 9.88. The van der Waals surface area contributed by atoms with E-state index in [0.717, 1.165) is 58.8 Å². The highest BCUT2D eigenvalue weighted by molar-refractivity contribution is 5.95. The topological polar surface area (TPSA) is 15.7 Å². The van der Waals surface area contributed by atoms with Crippen LogP contribution in [-0.4, -0.2) is 6.10 Å². The average Bonchev–Trinajstić information content (AvgIpc) is 3.79. The molecule has 1 heterocycles. The molecule has 9 aromatic rings. The van der Waals surface area contributed by atoms with E-state index in [-0.39, 0.29) is 12.0 Å². The first-order chi connectivity index (χ1) is 35.2. The minimum absolute atomic E-state index is 0.111. The molecule has 0 spiro atoms. The molecule has 13 rings (SSSR count). The minimum Gasteiger partial charge on any atom is -0.485 e. The average molecular weight is 913 g/mol. The van der Waals surface area contributed by atoms with E-state index in [1.165, 1.54) is 66.0 Å². The van der Waals surface area contributed by atoms with E-state index in [0.29, 0.717) is 5.92 Å². The molecule has 0 fully saturated rings. The molecule has 0 amide bonds. The Bertz CT molecular complexity index is 3700. The van der Waals surface area contributed by atoms with Crippen LogP contribution in [0.2, 0.25) is 0 Å². The molecule has 0 saturated heterocycles. The molecular weight excluding hydrogens is 861 g/mol. The Hall–Kier alpha value is -8.66. The van der Waals surface area contributed by atoms with Crippen molar-refractivity contribution < 1.29 is 4.74 Å². The Morgan fingerprint density at radius 2 is 1.10 bits per heavy atom. The highest BCUT2D eigenvalue weighted by Crippen LogP contribution is 2.47. The van der Waals surface area contributed by atoms with Gasteiger partial charge in [-0.15, -0.1) is 0 Å². The van der Waals surface area contributed by atoms with Gasteiger partial charge in [-0.3, -0.25) is 0 Å². The Morgan fingerprint density at radius 3 is 1.87 bits per heavy atom. The van der Waals surface area contributed by atoms with E-state index in [9.17, 15) is 0 Å². The second-order valence-electron chi connectivity index (χ2n) is 19.0. The summed E-state index contributed by atoms with van der Waals surface area (Å²) in [5.74, 6) is 1.46. The summed E-state index contributed by atoms with van der Waals surface area (Å²) in [5, 5.41) is 4.76. The van der Waals surface area contributed by atoms with E-state index < -0.39 is 0 Å². The number of nitrogens with zero attached hydrogens (tertiary/aromatic N) is 2. The third kappa shape index (κ3) is 8.10. The summed E-state index contributed by atoms with van der Waals surface area (Å²) in [6.45, 7) is 0. The maximum Gasteiger partial charge on any atom is 0.128 e. The van der Waals surface area contributed by atoms with Crippen molar-refractivity contribution in [3.05, 3.63) is 282 Å². The van der Waals surface area contributed by atoms with Crippen LogP contribution in [0.5, 0.6) is 5.75 Å². The standard InChI is InChI=1S/C68H52N2O/c1-5-17-47(18-6-1)49-29-35-57(36-30-49)69(65-27-15-13-25-61(65)51-21-9-3-10-22-51)59-39-33-53-43-63-64-44-54-34-40-60(42-56(54)46-68(64)71-67(63)45-55(53)41-59)70(58-37-31-50(32-38-58)48-19-7-2-8-20-48)66-28-16-14-26-62(66)52-23-11-4-12-24-52/h1-13,15,17-19,21-46,48,64,68H,14,16,20H2. The summed E-state index contributed by atoms with van der Waals surface area (Å²) < 4.78 is 6.98. The van der Waals surface area contributed by atoms with Gasteiger partial charge in [-0.25, -0.2) is 0 Å². The fourth-order valence-corrected chi connectivity index (χ4v) is 11.1. The van der Waals surface area contributed by atoms with Crippen LogP contribution in [0.15, 0.2) is 254 Å². The van der Waals surface area contributed by atoms with Gasteiger partial charge >= 0.3 is 0 Å². The number of hydrogen-bond acceptors (Lipinski definition) is 3. The molecule has 9 aromatic carbocycles. The van der Waals surface area contributed by atoms with Gasteiger partial charge in [-0.1, -0.05) is 188 Å². The molecule has 1 aliphatic heterocycles. The predicted molar refractivity (Wildman–Crippen MR) is 297 cm³/mol. The SMILES string of the molecule is C1=CCC(c2ccc(N(C3=CCCC=C3c3ccccc3)c3ccc4c(c3)=CC3Oc5cc6cc(N(c7ccc(-c8ccccc8)cc7)c7ccccc7-c7ccccc7)ccc6cc5C3C=4)cc2)C=C1. The molecular formula is C68H52N2O. The lowest BCUT2D eigenvalue weighted by Crippen LogP contribution is -2.35. The molecule has 340 valence electrons. The molecule has 4 aliphatic rings. The van der Waals surface area contributed by atoms with Crippen molar-refractivity contribution in [2.75, 3.05) is 9.80 Å². The fraction of sp³-hybridized carbons (Fsp3) is 0.0882. The van der Waals surface area contributed by atoms with Crippen molar-refractivity contribution in [2.45, 2.75) is 37.2 Å². The Kier molecular flexibility index (Phi) is 11.0. The van der Waals surface area contributed by atoms with Gasteiger partial charge in [0.05, 0.1) is 5.69 Å². The number of rotatable bonds is 10. The Balaban J connectivity index is 0.859. The van der Waals surface area contributed by atoms with Crippen LogP contribution in [0.25, 0.3) is 50.8 Å². The van der Waals surface area contributed by atoms with E-state index in [4.69, 9.17) is 4.74 Å². The van der Waals surface area contributed by atoms with Crippen LogP contribution >= 0.6 is 0 Å². The normalized spacial score (nSPS) is 17.4. The van der Waals surface area contributed by atoms with E-state index in [1.54, 1.807) is 0 Å². The Morgan fingerprint density at radius 1 is 0.451 bits per heavy atom. The zero-order chi connectivity index (χ0) is 47.1. The third-order valence-electron chi connectivity index (χ3n) is 14.7. The van der Waals surface area contributed by atoms with E-state index in [1.807, 2.05) is 0 Å². The van der Waals surface area contributed by atoms with Crippen LogP contribution in [0, 0.1) is 0 Å².